The Hall–Kier alpha value is -0.0200. The molecule has 0 N–H and O–H groups in total. The lowest BCUT2D eigenvalue weighted by atomic mass is 10.1. The largest absolute Gasteiger partial charge is 0.128 e. The number of hydrogen-bond acceptors (Lipinski definition) is 0. The van der Waals surface area contributed by atoms with Crippen molar-refractivity contribution in [2.24, 2.45) is 0 Å². The molecule has 0 saturated heterocycles. The van der Waals surface area contributed by atoms with Crippen LogP contribution in [-0.2, 0) is 0 Å². The smallest absolute Gasteiger partial charge is 0.0952 e. The molecule has 2 unspecified atom stereocenters. The molecule has 0 heterocycles. The second-order valence-corrected chi connectivity index (χ2v) is 8.09. The van der Waals surface area contributed by atoms with Crippen molar-refractivity contribution in [2.75, 3.05) is 0 Å². The van der Waals surface area contributed by atoms with E-state index in [2.05, 4.69) is 37.0 Å². The van der Waals surface area contributed by atoms with Crippen molar-refractivity contribution in [2.45, 2.75) is 90.9 Å². The molecule has 0 nitrogen and oxygen atoms in total. The third kappa shape index (κ3) is 18.0. The minimum atomic E-state index is 0.281. The number of unbranched alkanes of at least 4 members (excludes halogenated alkanes) is 10. The van der Waals surface area contributed by atoms with Crippen LogP contribution in [0.25, 0.3) is 0 Å². The van der Waals surface area contributed by atoms with E-state index < -0.39 is 0 Å². The highest BCUT2D eigenvalue weighted by Crippen LogP contribution is 2.33. The van der Waals surface area contributed by atoms with Crippen LogP contribution in [0.4, 0.5) is 0 Å². The molecule has 0 rings (SSSR count). The van der Waals surface area contributed by atoms with E-state index in [4.69, 9.17) is 0 Å². The summed E-state index contributed by atoms with van der Waals surface area (Å²) in [4.78, 5) is 0. The van der Waals surface area contributed by atoms with Crippen molar-refractivity contribution in [1.82, 2.24) is 0 Å². The molecule has 2 atom stereocenters. The van der Waals surface area contributed by atoms with E-state index in [0.29, 0.717) is 0 Å². The van der Waals surface area contributed by atoms with Crippen LogP contribution in [0.1, 0.15) is 90.9 Å². The van der Waals surface area contributed by atoms with Crippen LogP contribution < -0.4 is 0 Å². The molecule has 0 aromatic rings. The first-order chi connectivity index (χ1) is 9.91. The van der Waals surface area contributed by atoms with Gasteiger partial charge in [0.25, 0.3) is 0 Å². The highest BCUT2D eigenvalue weighted by molar-refractivity contribution is 8.16. The Labute approximate surface area is 131 Å². The van der Waals surface area contributed by atoms with Gasteiger partial charge in [0.15, 0.2) is 0 Å². The summed E-state index contributed by atoms with van der Waals surface area (Å²) < 4.78 is 0. The first kappa shape index (κ1) is 20.0. The maximum atomic E-state index is 3.34. The van der Waals surface area contributed by atoms with Crippen molar-refractivity contribution in [3.63, 3.8) is 0 Å². The third-order valence-corrected chi connectivity index (χ3v) is 5.33. The van der Waals surface area contributed by atoms with Crippen LogP contribution in [0.3, 0.4) is 0 Å². The minimum Gasteiger partial charge on any atom is -0.0952 e. The van der Waals surface area contributed by atoms with E-state index in [1.54, 1.807) is 0 Å². The fourth-order valence-corrected chi connectivity index (χ4v) is 3.61. The molecule has 0 aliphatic rings. The molecular formula is C18H33P2+. The summed E-state index contributed by atoms with van der Waals surface area (Å²) in [6.45, 7) is 4.52. The molecule has 0 spiro atoms. The Kier molecular flexibility index (Phi) is 19.0. The summed E-state index contributed by atoms with van der Waals surface area (Å²) >= 11 is 0. The van der Waals surface area contributed by atoms with Gasteiger partial charge >= 0.3 is 0 Å². The molecule has 0 saturated carbocycles. The molecule has 2 heteroatoms. The van der Waals surface area contributed by atoms with E-state index in [-0.39, 0.29) is 8.27 Å². The summed E-state index contributed by atoms with van der Waals surface area (Å²) in [5.41, 5.74) is 6.65. The lowest BCUT2D eigenvalue weighted by molar-refractivity contribution is 0.641. The Morgan fingerprint density at radius 2 is 1.25 bits per heavy atom. The second kappa shape index (κ2) is 19.0. The van der Waals surface area contributed by atoms with Crippen molar-refractivity contribution in [3.05, 3.63) is 0 Å². The molecule has 0 amide bonds. The zero-order chi connectivity index (χ0) is 14.7. The van der Waals surface area contributed by atoms with Gasteiger partial charge in [0, 0.05) is 12.8 Å². The molecule has 0 aromatic heterocycles. The van der Waals surface area contributed by atoms with E-state index >= 15 is 0 Å². The van der Waals surface area contributed by atoms with Crippen LogP contribution in [0, 0.1) is 23.2 Å². The highest BCUT2D eigenvalue weighted by Gasteiger charge is 1.88. The summed E-state index contributed by atoms with van der Waals surface area (Å²) in [5, 5.41) is 0. The molecule has 0 aromatic carbocycles. The molecular weight excluding hydrogens is 278 g/mol. The zero-order valence-corrected chi connectivity index (χ0v) is 15.7. The SMILES string of the molecule is CCCCCCCC#CP[PH2+]C#CCCCCCCC. The quantitative estimate of drug-likeness (QED) is 0.228. The lowest BCUT2D eigenvalue weighted by Crippen LogP contribution is -1.75. The zero-order valence-electron chi connectivity index (χ0n) is 13.6. The average molecular weight is 311 g/mol. The predicted octanol–water partition coefficient (Wildman–Crippen LogP) is 6.63. The molecule has 0 radical (unpaired) electrons. The second-order valence-electron chi connectivity index (χ2n) is 5.24. The normalized spacial score (nSPS) is 10.7. The van der Waals surface area contributed by atoms with Gasteiger partial charge in [0.05, 0.1) is 13.9 Å². The number of rotatable bonds is 11. The molecule has 0 bridgehead atoms. The first-order valence-electron chi connectivity index (χ1n) is 8.45. The topological polar surface area (TPSA) is 0 Å². The van der Waals surface area contributed by atoms with Crippen LogP contribution in [0.5, 0.6) is 0 Å². The van der Waals surface area contributed by atoms with Crippen molar-refractivity contribution < 1.29 is 0 Å². The summed E-state index contributed by atoms with van der Waals surface area (Å²) in [5.74, 6) is 6.62. The van der Waals surface area contributed by atoms with Gasteiger partial charge in [-0.2, -0.15) is 0 Å². The fourth-order valence-electron chi connectivity index (χ4n) is 1.94. The summed E-state index contributed by atoms with van der Waals surface area (Å²) in [6, 6.07) is 0. The first-order valence-corrected chi connectivity index (χ1v) is 11.8. The Balaban J connectivity index is 3.23. The van der Waals surface area contributed by atoms with E-state index in [1.165, 1.54) is 64.2 Å². The van der Waals surface area contributed by atoms with E-state index in [0.717, 1.165) is 21.1 Å². The number of hydrogen-bond donors (Lipinski definition) is 0. The maximum Gasteiger partial charge on any atom is 0.128 e. The van der Waals surface area contributed by atoms with Crippen LogP contribution >= 0.6 is 16.5 Å². The molecule has 0 fully saturated rings. The standard InChI is InChI=1S/C18H32P2/c1-3-5-7-9-11-13-15-17-19-20-18-16-14-12-10-8-6-4-2/h19-20H,3-14H2,1-2H3/p+1. The van der Waals surface area contributed by atoms with Gasteiger partial charge in [-0.25, -0.2) is 0 Å². The van der Waals surface area contributed by atoms with Crippen LogP contribution in [0.2, 0.25) is 0 Å². The van der Waals surface area contributed by atoms with Crippen LogP contribution in [0.15, 0.2) is 0 Å². The van der Waals surface area contributed by atoms with E-state index in [1.807, 2.05) is 0 Å². The fraction of sp³-hybridized carbons (Fsp3) is 0.778. The van der Waals surface area contributed by atoms with Crippen LogP contribution in [-0.4, -0.2) is 0 Å². The minimum absolute atomic E-state index is 0.281. The average Bonchev–Trinajstić information content (AvgIpc) is 2.47. The Morgan fingerprint density at radius 3 is 1.85 bits per heavy atom. The molecule has 20 heavy (non-hydrogen) atoms. The van der Waals surface area contributed by atoms with Gasteiger partial charge in [-0.05, 0) is 18.5 Å². The molecule has 0 aliphatic carbocycles. The maximum absolute atomic E-state index is 3.34. The van der Waals surface area contributed by atoms with Crippen molar-refractivity contribution in [1.29, 1.82) is 0 Å². The summed E-state index contributed by atoms with van der Waals surface area (Å²) in [6.07, 6.45) is 15.7. The monoisotopic (exact) mass is 311 g/mol. The Morgan fingerprint density at radius 1 is 0.700 bits per heavy atom. The Bertz CT molecular complexity index is 269. The van der Waals surface area contributed by atoms with Gasteiger partial charge in [-0.3, -0.25) is 0 Å². The van der Waals surface area contributed by atoms with Gasteiger partial charge < -0.3 is 0 Å². The summed E-state index contributed by atoms with van der Waals surface area (Å²) in [7, 11) is 1.09. The highest BCUT2D eigenvalue weighted by atomic mass is 32.0. The predicted molar refractivity (Wildman–Crippen MR) is 100 cm³/mol. The molecule has 114 valence electrons. The van der Waals surface area contributed by atoms with Gasteiger partial charge in [0.1, 0.15) is 8.27 Å². The van der Waals surface area contributed by atoms with Gasteiger partial charge in [-0.1, -0.05) is 77.1 Å². The third-order valence-electron chi connectivity index (χ3n) is 3.22. The lowest BCUT2D eigenvalue weighted by Gasteiger charge is -1.94. The van der Waals surface area contributed by atoms with Crippen molar-refractivity contribution in [3.8, 4) is 23.2 Å². The van der Waals surface area contributed by atoms with Gasteiger partial charge in [-0.15, -0.1) is 0 Å². The molecule has 0 aliphatic heterocycles. The van der Waals surface area contributed by atoms with Crippen molar-refractivity contribution >= 4 is 16.5 Å². The van der Waals surface area contributed by atoms with Gasteiger partial charge in [0.2, 0.25) is 0 Å². The van der Waals surface area contributed by atoms with E-state index in [9.17, 15) is 0 Å².